The lowest BCUT2D eigenvalue weighted by Gasteiger charge is -2.16. The van der Waals surface area contributed by atoms with Crippen LogP contribution in [0.1, 0.15) is 30.0 Å². The van der Waals surface area contributed by atoms with Crippen molar-refractivity contribution >= 4 is 44.0 Å². The molecule has 3 nitrogen and oxygen atoms in total. The first-order valence-electron chi connectivity index (χ1n) is 10.3. The van der Waals surface area contributed by atoms with Gasteiger partial charge in [-0.2, -0.15) is 4.98 Å². The van der Waals surface area contributed by atoms with Gasteiger partial charge in [0.05, 0.1) is 17.8 Å². The van der Waals surface area contributed by atoms with Crippen LogP contribution in [-0.2, 0) is 6.54 Å². The minimum absolute atomic E-state index is 0.191. The van der Waals surface area contributed by atoms with Crippen LogP contribution in [0.5, 0.6) is 0 Å². The number of aromatic nitrogens is 2. The predicted molar refractivity (Wildman–Crippen MR) is 124 cm³/mol. The number of nitrogens with zero attached hydrogens (tertiary/aromatic N) is 2. The summed E-state index contributed by atoms with van der Waals surface area (Å²) >= 11 is 6.31. The molecule has 0 unspecified atom stereocenters. The average molecular weight is 411 g/mol. The summed E-state index contributed by atoms with van der Waals surface area (Å²) in [6.07, 6.45) is 2.18. The van der Waals surface area contributed by atoms with Gasteiger partial charge in [0.15, 0.2) is 0 Å². The Morgan fingerprint density at radius 3 is 2.20 bits per heavy atom. The van der Waals surface area contributed by atoms with Gasteiger partial charge in [-0.3, -0.25) is 4.57 Å². The molecule has 1 saturated carbocycles. The van der Waals surface area contributed by atoms with Crippen molar-refractivity contribution in [2.75, 3.05) is 0 Å². The minimum atomic E-state index is -0.191. The standard InChI is InChI=1S/C26H19ClN2O/c27-19-11-12-24-22(14-19)25(16-9-10-16)28-26(30)29(24)15-23-20-7-3-1-5-17(20)13-18-6-2-4-8-21(18)23/h1-8,11-14,16H,9-10,15H2. The van der Waals surface area contributed by atoms with Crippen molar-refractivity contribution in [3.63, 3.8) is 0 Å². The molecule has 1 aliphatic rings. The van der Waals surface area contributed by atoms with Gasteiger partial charge >= 0.3 is 5.69 Å². The van der Waals surface area contributed by atoms with Gasteiger partial charge in [-0.1, -0.05) is 60.1 Å². The van der Waals surface area contributed by atoms with Gasteiger partial charge in [-0.15, -0.1) is 0 Å². The van der Waals surface area contributed by atoms with E-state index in [1.165, 1.54) is 10.8 Å². The molecule has 4 heteroatoms. The van der Waals surface area contributed by atoms with Gasteiger partial charge in [0.1, 0.15) is 0 Å². The molecule has 1 heterocycles. The maximum Gasteiger partial charge on any atom is 0.348 e. The highest BCUT2D eigenvalue weighted by atomic mass is 35.5. The molecule has 146 valence electrons. The van der Waals surface area contributed by atoms with Crippen molar-refractivity contribution in [2.24, 2.45) is 0 Å². The van der Waals surface area contributed by atoms with E-state index in [2.05, 4.69) is 59.6 Å². The van der Waals surface area contributed by atoms with E-state index in [4.69, 9.17) is 11.6 Å². The monoisotopic (exact) mass is 410 g/mol. The molecule has 0 spiro atoms. The quantitative estimate of drug-likeness (QED) is 0.328. The van der Waals surface area contributed by atoms with E-state index in [0.29, 0.717) is 17.5 Å². The molecule has 0 amide bonds. The zero-order valence-electron chi connectivity index (χ0n) is 16.3. The van der Waals surface area contributed by atoms with Crippen molar-refractivity contribution in [1.29, 1.82) is 0 Å². The molecule has 0 N–H and O–H groups in total. The highest BCUT2D eigenvalue weighted by molar-refractivity contribution is 6.31. The molecule has 0 radical (unpaired) electrons. The molecule has 6 rings (SSSR count). The highest BCUT2D eigenvalue weighted by Crippen LogP contribution is 2.42. The van der Waals surface area contributed by atoms with Crippen LogP contribution < -0.4 is 5.69 Å². The smallest absolute Gasteiger partial charge is 0.287 e. The third-order valence-electron chi connectivity index (χ3n) is 6.14. The first-order valence-corrected chi connectivity index (χ1v) is 10.7. The lowest BCUT2D eigenvalue weighted by atomic mass is 9.96. The predicted octanol–water partition coefficient (Wildman–Crippen LogP) is 6.28. The third kappa shape index (κ3) is 2.81. The number of hydrogen-bond acceptors (Lipinski definition) is 2. The second kappa shape index (κ2) is 6.68. The number of benzene rings is 4. The zero-order valence-corrected chi connectivity index (χ0v) is 17.1. The Morgan fingerprint density at radius 2 is 1.53 bits per heavy atom. The number of hydrogen-bond donors (Lipinski definition) is 0. The van der Waals surface area contributed by atoms with Crippen molar-refractivity contribution < 1.29 is 0 Å². The number of fused-ring (bicyclic) bond motifs is 3. The summed E-state index contributed by atoms with van der Waals surface area (Å²) in [6, 6.07) is 24.7. The number of rotatable bonds is 3. The fourth-order valence-electron chi connectivity index (χ4n) is 4.53. The van der Waals surface area contributed by atoms with Gasteiger partial charge in [0.25, 0.3) is 0 Å². The van der Waals surface area contributed by atoms with Crippen molar-refractivity contribution in [2.45, 2.75) is 25.3 Å². The van der Waals surface area contributed by atoms with E-state index in [1.54, 1.807) is 4.57 Å². The summed E-state index contributed by atoms with van der Waals surface area (Å²) in [5.41, 5.74) is 2.75. The van der Waals surface area contributed by atoms with Crippen molar-refractivity contribution in [3.8, 4) is 0 Å². The van der Waals surface area contributed by atoms with E-state index in [1.807, 2.05) is 18.2 Å². The topological polar surface area (TPSA) is 34.9 Å². The maximum atomic E-state index is 13.2. The van der Waals surface area contributed by atoms with Crippen LogP contribution in [0.3, 0.4) is 0 Å². The molecule has 0 bridgehead atoms. The van der Waals surface area contributed by atoms with Crippen LogP contribution in [0, 0.1) is 0 Å². The fourth-order valence-corrected chi connectivity index (χ4v) is 4.70. The molecule has 0 saturated heterocycles. The van der Waals surface area contributed by atoms with Crippen LogP contribution in [0.25, 0.3) is 32.4 Å². The molecule has 5 aromatic rings. The Morgan fingerprint density at radius 1 is 0.867 bits per heavy atom. The Labute approximate surface area is 178 Å². The van der Waals surface area contributed by atoms with Crippen LogP contribution in [0.4, 0.5) is 0 Å². The van der Waals surface area contributed by atoms with Gasteiger partial charge in [0, 0.05) is 16.3 Å². The SMILES string of the molecule is O=c1nc(C2CC2)c2cc(Cl)ccc2n1Cc1c2ccccc2cc2ccccc12. The fraction of sp³-hybridized carbons (Fsp3) is 0.154. The Balaban J connectivity index is 1.65. The van der Waals surface area contributed by atoms with Crippen molar-refractivity contribution in [3.05, 3.63) is 99.6 Å². The molecular formula is C26H19ClN2O. The molecular weight excluding hydrogens is 392 g/mol. The molecule has 1 aliphatic carbocycles. The molecule has 0 atom stereocenters. The summed E-state index contributed by atoms with van der Waals surface area (Å²) in [5, 5.41) is 6.34. The van der Waals surface area contributed by atoms with Crippen LogP contribution in [-0.4, -0.2) is 9.55 Å². The summed E-state index contributed by atoms with van der Waals surface area (Å²) in [6.45, 7) is 0.469. The Bertz CT molecular complexity index is 1460. The zero-order chi connectivity index (χ0) is 20.2. The van der Waals surface area contributed by atoms with E-state index in [9.17, 15) is 4.79 Å². The van der Waals surface area contributed by atoms with Crippen molar-refractivity contribution in [1.82, 2.24) is 9.55 Å². The van der Waals surface area contributed by atoms with Crippen LogP contribution in [0.15, 0.2) is 77.6 Å². The lowest BCUT2D eigenvalue weighted by Crippen LogP contribution is -2.25. The second-order valence-electron chi connectivity index (χ2n) is 8.10. The van der Waals surface area contributed by atoms with E-state index in [-0.39, 0.29) is 5.69 Å². The highest BCUT2D eigenvalue weighted by Gasteiger charge is 2.28. The second-order valence-corrected chi connectivity index (χ2v) is 8.54. The van der Waals surface area contributed by atoms with E-state index >= 15 is 0 Å². The summed E-state index contributed by atoms with van der Waals surface area (Å²) in [7, 11) is 0. The number of halogens is 1. The normalized spacial score (nSPS) is 14.0. The van der Waals surface area contributed by atoms with Gasteiger partial charge in [0.2, 0.25) is 0 Å². The van der Waals surface area contributed by atoms with Crippen LogP contribution in [0.2, 0.25) is 5.02 Å². The first-order chi connectivity index (χ1) is 14.7. The average Bonchev–Trinajstić information content (AvgIpc) is 3.60. The molecule has 0 aliphatic heterocycles. The van der Waals surface area contributed by atoms with Gasteiger partial charge in [-0.25, -0.2) is 4.79 Å². The molecule has 4 aromatic carbocycles. The van der Waals surface area contributed by atoms with Gasteiger partial charge < -0.3 is 0 Å². The Kier molecular flexibility index (Phi) is 3.93. The maximum absolute atomic E-state index is 13.2. The van der Waals surface area contributed by atoms with Gasteiger partial charge in [-0.05, 0) is 64.2 Å². The first kappa shape index (κ1) is 17.7. The Hall–Kier alpha value is -3.17. The largest absolute Gasteiger partial charge is 0.348 e. The summed E-state index contributed by atoms with van der Waals surface area (Å²) in [5.74, 6) is 0.381. The van der Waals surface area contributed by atoms with Crippen LogP contribution >= 0.6 is 11.6 Å². The molecule has 30 heavy (non-hydrogen) atoms. The molecule has 1 fully saturated rings. The van der Waals surface area contributed by atoms with E-state index < -0.39 is 0 Å². The molecule has 1 aromatic heterocycles. The summed E-state index contributed by atoms with van der Waals surface area (Å²) < 4.78 is 1.80. The third-order valence-corrected chi connectivity index (χ3v) is 6.37. The summed E-state index contributed by atoms with van der Waals surface area (Å²) in [4.78, 5) is 17.7. The lowest BCUT2D eigenvalue weighted by molar-refractivity contribution is 0.757. The van der Waals surface area contributed by atoms with E-state index in [0.717, 1.165) is 45.8 Å². The minimum Gasteiger partial charge on any atom is -0.287 e.